The molecule has 0 aromatic heterocycles. The molecule has 0 saturated heterocycles. The van der Waals surface area contributed by atoms with Crippen molar-refractivity contribution in [1.29, 1.82) is 0 Å². The van der Waals surface area contributed by atoms with Crippen molar-refractivity contribution < 1.29 is 24.2 Å². The van der Waals surface area contributed by atoms with E-state index in [1.807, 2.05) is 0 Å². The molecule has 1 atom stereocenters. The van der Waals surface area contributed by atoms with E-state index in [2.05, 4.69) is 26.0 Å². The number of allylic oxidation sites excluding steroid dienone is 2. The fourth-order valence-electron chi connectivity index (χ4n) is 8.61. The molecule has 0 aromatic carbocycles. The first-order chi connectivity index (χ1) is 30.1. The molecule has 1 unspecified atom stereocenters. The summed E-state index contributed by atoms with van der Waals surface area (Å²) in [5, 5.41) is 9.62. The fraction of sp³-hybridized carbons (Fsp3) is 0.929. The summed E-state index contributed by atoms with van der Waals surface area (Å²) in [7, 11) is 0. The maximum atomic E-state index is 12.3. The Kier molecular flexibility index (Phi) is 51.8. The number of carbonyl (C=O) groups excluding carboxylic acids is 2. The van der Waals surface area contributed by atoms with E-state index in [9.17, 15) is 14.7 Å². The van der Waals surface area contributed by atoms with Gasteiger partial charge < -0.3 is 14.6 Å². The molecule has 5 heteroatoms. The Bertz CT molecular complexity index is 886. The fourth-order valence-corrected chi connectivity index (χ4v) is 8.61. The number of aliphatic hydroxyl groups is 1. The molecule has 0 rings (SSSR count). The number of unbranched alkanes of at least 4 members (excludes halogenated alkanes) is 42. The van der Waals surface area contributed by atoms with Gasteiger partial charge in [-0.25, -0.2) is 0 Å². The molecule has 1 N–H and O–H groups in total. The van der Waals surface area contributed by atoms with E-state index in [0.717, 1.165) is 32.1 Å². The van der Waals surface area contributed by atoms with Crippen molar-refractivity contribution in [3.05, 3.63) is 12.2 Å². The highest BCUT2D eigenvalue weighted by Crippen LogP contribution is 2.17. The molecular weight excluding hydrogens is 753 g/mol. The average molecular weight is 861 g/mol. The number of aliphatic hydroxyl groups excluding tert-OH is 1. The molecule has 0 amide bonds. The summed E-state index contributed by atoms with van der Waals surface area (Å²) in [6.45, 7) is 4.18. The van der Waals surface area contributed by atoms with Crippen molar-refractivity contribution >= 4 is 11.9 Å². The summed E-state index contributed by atoms with van der Waals surface area (Å²) in [6, 6.07) is 0. The number of ether oxygens (including phenoxy) is 2. The number of hydrogen-bond acceptors (Lipinski definition) is 5. The predicted octanol–water partition coefficient (Wildman–Crippen LogP) is 18.4. The Labute approximate surface area is 381 Å². The van der Waals surface area contributed by atoms with Crippen LogP contribution in [0.1, 0.15) is 316 Å². The first kappa shape index (κ1) is 59.6. The van der Waals surface area contributed by atoms with Gasteiger partial charge in [-0.2, -0.15) is 0 Å². The summed E-state index contributed by atoms with van der Waals surface area (Å²) in [5.41, 5.74) is 0. The van der Waals surface area contributed by atoms with E-state index < -0.39 is 6.10 Å². The Balaban J connectivity index is 3.37. The van der Waals surface area contributed by atoms with E-state index in [4.69, 9.17) is 9.47 Å². The third-order valence-corrected chi connectivity index (χ3v) is 12.8. The van der Waals surface area contributed by atoms with Crippen LogP contribution in [0.2, 0.25) is 0 Å². The average Bonchev–Trinajstić information content (AvgIpc) is 3.26. The van der Waals surface area contributed by atoms with Gasteiger partial charge in [-0.1, -0.05) is 276 Å². The summed E-state index contributed by atoms with van der Waals surface area (Å²) >= 11 is 0. The van der Waals surface area contributed by atoms with Crippen LogP contribution in [0.3, 0.4) is 0 Å². The zero-order valence-corrected chi connectivity index (χ0v) is 41.5. The second-order valence-electron chi connectivity index (χ2n) is 19.0. The van der Waals surface area contributed by atoms with Gasteiger partial charge in [0, 0.05) is 12.8 Å². The van der Waals surface area contributed by atoms with Crippen LogP contribution >= 0.6 is 0 Å². The van der Waals surface area contributed by atoms with E-state index in [0.29, 0.717) is 12.8 Å². The highest BCUT2D eigenvalue weighted by Gasteiger charge is 2.16. The SMILES string of the molecule is CCCCCCCCCC/C=C\CCCCCCCCCCCCCCCCCCCCCCCC(=O)OC(CO)COC(=O)CCCCCCCCCCCCCCCC. The molecule has 0 spiro atoms. The van der Waals surface area contributed by atoms with Gasteiger partial charge in [-0.15, -0.1) is 0 Å². The standard InChI is InChI=1S/C56H108O5/c1-3-5-7-9-11-13-15-17-19-20-21-22-23-24-25-26-27-28-29-30-31-32-33-34-35-36-37-39-41-43-45-47-49-51-56(59)61-54(52-57)53-60-55(58)50-48-46-44-42-40-38-18-16-14-12-10-8-6-4-2/h20-21,54,57H,3-19,22-53H2,1-2H3/b21-20-. The zero-order valence-electron chi connectivity index (χ0n) is 41.5. The van der Waals surface area contributed by atoms with Crippen molar-refractivity contribution in [3.63, 3.8) is 0 Å². The molecule has 0 aromatic rings. The van der Waals surface area contributed by atoms with Crippen LogP contribution in [-0.2, 0) is 19.1 Å². The van der Waals surface area contributed by atoms with Crippen molar-refractivity contribution in [2.75, 3.05) is 13.2 Å². The van der Waals surface area contributed by atoms with Gasteiger partial charge in [-0.05, 0) is 38.5 Å². The number of esters is 2. The van der Waals surface area contributed by atoms with Crippen molar-refractivity contribution in [2.45, 2.75) is 322 Å². The van der Waals surface area contributed by atoms with Crippen molar-refractivity contribution in [3.8, 4) is 0 Å². The van der Waals surface area contributed by atoms with Gasteiger partial charge in [0.2, 0.25) is 0 Å². The van der Waals surface area contributed by atoms with E-state index >= 15 is 0 Å². The third kappa shape index (κ3) is 51.2. The smallest absolute Gasteiger partial charge is 0.306 e. The molecule has 0 aliphatic rings. The molecule has 362 valence electrons. The molecular formula is C56H108O5. The van der Waals surface area contributed by atoms with Crippen molar-refractivity contribution in [2.24, 2.45) is 0 Å². The Morgan fingerprint density at radius 2 is 0.607 bits per heavy atom. The molecule has 0 aliphatic carbocycles. The van der Waals surface area contributed by atoms with Gasteiger partial charge in [0.1, 0.15) is 6.61 Å². The third-order valence-electron chi connectivity index (χ3n) is 12.8. The molecule has 0 bridgehead atoms. The molecule has 5 nitrogen and oxygen atoms in total. The van der Waals surface area contributed by atoms with Gasteiger partial charge in [0.15, 0.2) is 6.10 Å². The van der Waals surface area contributed by atoms with Gasteiger partial charge in [0.05, 0.1) is 6.61 Å². The highest BCUT2D eigenvalue weighted by atomic mass is 16.6. The van der Waals surface area contributed by atoms with E-state index in [1.165, 1.54) is 257 Å². The lowest BCUT2D eigenvalue weighted by Crippen LogP contribution is -2.28. The molecule has 0 aliphatic heterocycles. The molecule has 0 saturated carbocycles. The van der Waals surface area contributed by atoms with Crippen molar-refractivity contribution in [1.82, 2.24) is 0 Å². The summed E-state index contributed by atoms with van der Waals surface area (Å²) in [6.07, 6.45) is 64.8. The van der Waals surface area contributed by atoms with E-state index in [1.54, 1.807) is 0 Å². The molecule has 0 heterocycles. The van der Waals surface area contributed by atoms with E-state index in [-0.39, 0.29) is 25.2 Å². The summed E-state index contributed by atoms with van der Waals surface area (Å²) < 4.78 is 10.7. The normalized spacial score (nSPS) is 12.1. The molecule has 61 heavy (non-hydrogen) atoms. The van der Waals surface area contributed by atoms with Crippen LogP contribution in [0.25, 0.3) is 0 Å². The Hall–Kier alpha value is -1.36. The second kappa shape index (κ2) is 53.0. The number of hydrogen-bond donors (Lipinski definition) is 1. The van der Waals surface area contributed by atoms with Crippen LogP contribution in [-0.4, -0.2) is 36.4 Å². The minimum Gasteiger partial charge on any atom is -0.462 e. The second-order valence-corrected chi connectivity index (χ2v) is 19.0. The first-order valence-electron chi connectivity index (χ1n) is 27.7. The maximum Gasteiger partial charge on any atom is 0.306 e. The lowest BCUT2D eigenvalue weighted by Gasteiger charge is -2.15. The van der Waals surface area contributed by atoms with Crippen LogP contribution in [0.4, 0.5) is 0 Å². The lowest BCUT2D eigenvalue weighted by atomic mass is 10.0. The zero-order chi connectivity index (χ0) is 44.2. The van der Waals surface area contributed by atoms with Gasteiger partial charge in [0.25, 0.3) is 0 Å². The quantitative estimate of drug-likeness (QED) is 0.0375. The molecule has 0 radical (unpaired) electrons. The Morgan fingerprint density at radius 1 is 0.361 bits per heavy atom. The van der Waals surface area contributed by atoms with Crippen LogP contribution in [0, 0.1) is 0 Å². The van der Waals surface area contributed by atoms with Crippen LogP contribution in [0.5, 0.6) is 0 Å². The Morgan fingerprint density at radius 3 is 0.885 bits per heavy atom. The lowest BCUT2D eigenvalue weighted by molar-refractivity contribution is -0.161. The van der Waals surface area contributed by atoms with Gasteiger partial charge >= 0.3 is 11.9 Å². The maximum absolute atomic E-state index is 12.3. The highest BCUT2D eigenvalue weighted by molar-refractivity contribution is 5.70. The number of carbonyl (C=O) groups is 2. The topological polar surface area (TPSA) is 72.8 Å². The minimum atomic E-state index is -0.764. The van der Waals surface area contributed by atoms with Crippen LogP contribution in [0.15, 0.2) is 12.2 Å². The first-order valence-corrected chi connectivity index (χ1v) is 27.7. The van der Waals surface area contributed by atoms with Crippen LogP contribution < -0.4 is 0 Å². The largest absolute Gasteiger partial charge is 0.462 e. The number of rotatable bonds is 52. The summed E-state index contributed by atoms with van der Waals surface area (Å²) in [4.78, 5) is 24.4. The minimum absolute atomic E-state index is 0.0574. The molecule has 0 fully saturated rings. The monoisotopic (exact) mass is 861 g/mol. The van der Waals surface area contributed by atoms with Gasteiger partial charge in [-0.3, -0.25) is 9.59 Å². The summed E-state index contributed by atoms with van der Waals surface area (Å²) in [5.74, 6) is -0.570. The predicted molar refractivity (Wildman–Crippen MR) is 265 cm³/mol.